The van der Waals surface area contributed by atoms with Gasteiger partial charge in [-0.2, -0.15) is 9.97 Å². The van der Waals surface area contributed by atoms with Crippen molar-refractivity contribution in [3.8, 4) is 0 Å². The standard InChI is InChI=1S/C12H14ClN5O/c13-9-8-10(15-6-14-8)17-12(16-9)18-11(19)7-4-2-1-3-5-7/h6-7H,1-5H2,(H2,14,15,16,17,18,19). The van der Waals surface area contributed by atoms with Crippen LogP contribution in [0.4, 0.5) is 5.95 Å². The summed E-state index contributed by atoms with van der Waals surface area (Å²) in [4.78, 5) is 27.2. The van der Waals surface area contributed by atoms with Gasteiger partial charge in [-0.25, -0.2) is 4.98 Å². The molecule has 7 heteroatoms. The highest BCUT2D eigenvalue weighted by molar-refractivity contribution is 6.33. The van der Waals surface area contributed by atoms with Crippen LogP contribution in [-0.4, -0.2) is 25.8 Å². The van der Waals surface area contributed by atoms with Crippen LogP contribution in [0.2, 0.25) is 5.15 Å². The molecule has 0 spiro atoms. The number of nitrogens with one attached hydrogen (secondary N) is 2. The number of amides is 1. The monoisotopic (exact) mass is 279 g/mol. The van der Waals surface area contributed by atoms with Gasteiger partial charge in [0.1, 0.15) is 5.52 Å². The summed E-state index contributed by atoms with van der Waals surface area (Å²) in [7, 11) is 0. The number of imidazole rings is 1. The fraction of sp³-hybridized carbons (Fsp3) is 0.500. The van der Waals surface area contributed by atoms with Gasteiger partial charge < -0.3 is 4.98 Å². The number of rotatable bonds is 2. The highest BCUT2D eigenvalue weighted by Crippen LogP contribution is 2.25. The van der Waals surface area contributed by atoms with Crippen molar-refractivity contribution < 1.29 is 4.79 Å². The lowest BCUT2D eigenvalue weighted by molar-refractivity contribution is -0.120. The topological polar surface area (TPSA) is 83.6 Å². The van der Waals surface area contributed by atoms with Gasteiger partial charge in [0.25, 0.3) is 0 Å². The normalized spacial score (nSPS) is 16.7. The summed E-state index contributed by atoms with van der Waals surface area (Å²) < 4.78 is 0. The Kier molecular flexibility index (Phi) is 3.33. The molecule has 1 fully saturated rings. The molecule has 0 bridgehead atoms. The van der Waals surface area contributed by atoms with Crippen molar-refractivity contribution in [3.05, 3.63) is 11.5 Å². The van der Waals surface area contributed by atoms with Crippen molar-refractivity contribution >= 4 is 34.6 Å². The van der Waals surface area contributed by atoms with E-state index < -0.39 is 0 Å². The minimum atomic E-state index is -0.0225. The Morgan fingerprint density at radius 2 is 2.11 bits per heavy atom. The summed E-state index contributed by atoms with van der Waals surface area (Å²) in [6, 6.07) is 0. The number of carbonyl (C=O) groups is 1. The first-order chi connectivity index (χ1) is 9.24. The van der Waals surface area contributed by atoms with E-state index in [4.69, 9.17) is 11.6 Å². The van der Waals surface area contributed by atoms with Crippen LogP contribution in [0.15, 0.2) is 6.33 Å². The molecule has 1 amide bonds. The highest BCUT2D eigenvalue weighted by Gasteiger charge is 2.22. The van der Waals surface area contributed by atoms with E-state index in [0.29, 0.717) is 11.2 Å². The van der Waals surface area contributed by atoms with Crippen molar-refractivity contribution in [2.75, 3.05) is 5.32 Å². The Morgan fingerprint density at radius 3 is 2.89 bits per heavy atom. The van der Waals surface area contributed by atoms with Gasteiger partial charge in [0.15, 0.2) is 10.8 Å². The van der Waals surface area contributed by atoms with Crippen LogP contribution < -0.4 is 5.32 Å². The molecule has 1 aliphatic rings. The molecule has 1 aliphatic carbocycles. The zero-order valence-corrected chi connectivity index (χ0v) is 11.1. The van der Waals surface area contributed by atoms with Crippen molar-refractivity contribution in [1.82, 2.24) is 19.9 Å². The lowest BCUT2D eigenvalue weighted by Crippen LogP contribution is -2.25. The van der Waals surface area contributed by atoms with Crippen LogP contribution in [0.1, 0.15) is 32.1 Å². The Labute approximate surface area is 115 Å². The maximum absolute atomic E-state index is 12.1. The van der Waals surface area contributed by atoms with Crippen molar-refractivity contribution in [2.24, 2.45) is 5.92 Å². The number of anilines is 1. The number of halogens is 1. The molecule has 19 heavy (non-hydrogen) atoms. The lowest BCUT2D eigenvalue weighted by atomic mass is 9.89. The van der Waals surface area contributed by atoms with Crippen LogP contribution in [0.25, 0.3) is 11.2 Å². The largest absolute Gasteiger partial charge is 0.341 e. The molecule has 2 N–H and O–H groups in total. The van der Waals surface area contributed by atoms with E-state index in [2.05, 4.69) is 25.3 Å². The van der Waals surface area contributed by atoms with Crippen molar-refractivity contribution in [2.45, 2.75) is 32.1 Å². The SMILES string of the molecule is O=C(Nc1nc(Cl)c2[nH]cnc2n1)C1CCCCC1. The first-order valence-corrected chi connectivity index (χ1v) is 6.79. The van der Waals surface area contributed by atoms with Crippen LogP contribution in [0.5, 0.6) is 0 Å². The van der Waals surface area contributed by atoms with Gasteiger partial charge in [-0.15, -0.1) is 0 Å². The molecular weight excluding hydrogens is 266 g/mol. The highest BCUT2D eigenvalue weighted by atomic mass is 35.5. The fourth-order valence-corrected chi connectivity index (χ4v) is 2.65. The molecule has 0 aromatic carbocycles. The molecule has 100 valence electrons. The third kappa shape index (κ3) is 2.53. The lowest BCUT2D eigenvalue weighted by Gasteiger charge is -2.20. The zero-order valence-electron chi connectivity index (χ0n) is 10.3. The second-order valence-corrected chi connectivity index (χ2v) is 5.12. The summed E-state index contributed by atoms with van der Waals surface area (Å²) in [6.45, 7) is 0. The van der Waals surface area contributed by atoms with Crippen molar-refractivity contribution in [3.63, 3.8) is 0 Å². The molecular formula is C12H14ClN5O. The quantitative estimate of drug-likeness (QED) is 0.828. The first-order valence-electron chi connectivity index (χ1n) is 6.41. The Hall–Kier alpha value is -1.69. The molecule has 0 radical (unpaired) electrons. The second-order valence-electron chi connectivity index (χ2n) is 4.76. The van der Waals surface area contributed by atoms with Gasteiger partial charge in [-0.05, 0) is 12.8 Å². The van der Waals surface area contributed by atoms with Crippen LogP contribution in [0.3, 0.4) is 0 Å². The smallest absolute Gasteiger partial charge is 0.233 e. The van der Waals surface area contributed by atoms with Gasteiger partial charge >= 0.3 is 0 Å². The molecule has 6 nitrogen and oxygen atoms in total. The number of H-pyrrole nitrogens is 1. The summed E-state index contributed by atoms with van der Waals surface area (Å²) >= 11 is 6.00. The Bertz CT molecular complexity index is 605. The molecule has 2 heterocycles. The maximum atomic E-state index is 12.1. The minimum Gasteiger partial charge on any atom is -0.341 e. The second kappa shape index (κ2) is 5.13. The van der Waals surface area contributed by atoms with E-state index >= 15 is 0 Å². The number of nitrogens with zero attached hydrogens (tertiary/aromatic N) is 3. The van der Waals surface area contributed by atoms with E-state index in [1.807, 2.05) is 0 Å². The third-order valence-electron chi connectivity index (χ3n) is 3.45. The number of fused-ring (bicyclic) bond motifs is 1. The average Bonchev–Trinajstić information content (AvgIpc) is 2.88. The molecule has 3 rings (SSSR count). The van der Waals surface area contributed by atoms with E-state index in [-0.39, 0.29) is 22.9 Å². The number of hydrogen-bond acceptors (Lipinski definition) is 4. The van der Waals surface area contributed by atoms with Gasteiger partial charge in [-0.3, -0.25) is 10.1 Å². The summed E-state index contributed by atoms with van der Waals surface area (Å²) in [5.74, 6) is 0.261. The van der Waals surface area contributed by atoms with E-state index in [1.54, 1.807) is 0 Å². The molecule has 0 aliphatic heterocycles. The number of hydrogen-bond donors (Lipinski definition) is 2. The first kappa shape index (κ1) is 12.3. The number of aromatic amines is 1. The molecule has 0 atom stereocenters. The third-order valence-corrected chi connectivity index (χ3v) is 3.73. The van der Waals surface area contributed by atoms with E-state index in [0.717, 1.165) is 25.7 Å². The molecule has 0 unspecified atom stereocenters. The van der Waals surface area contributed by atoms with Gasteiger partial charge in [0.2, 0.25) is 11.9 Å². The van der Waals surface area contributed by atoms with E-state index in [9.17, 15) is 4.79 Å². The zero-order chi connectivity index (χ0) is 13.2. The van der Waals surface area contributed by atoms with Gasteiger partial charge in [-0.1, -0.05) is 30.9 Å². The van der Waals surface area contributed by atoms with Crippen LogP contribution in [-0.2, 0) is 4.79 Å². The van der Waals surface area contributed by atoms with E-state index in [1.165, 1.54) is 12.7 Å². The number of aromatic nitrogens is 4. The minimum absolute atomic E-state index is 0.0225. The Balaban J connectivity index is 1.78. The van der Waals surface area contributed by atoms with Crippen molar-refractivity contribution in [1.29, 1.82) is 0 Å². The Morgan fingerprint density at radius 1 is 1.32 bits per heavy atom. The fourth-order valence-electron chi connectivity index (χ4n) is 2.43. The van der Waals surface area contributed by atoms with Crippen LogP contribution in [0, 0.1) is 5.92 Å². The predicted octanol–water partition coefficient (Wildman–Crippen LogP) is 2.53. The summed E-state index contributed by atoms with van der Waals surface area (Å²) in [6.07, 6.45) is 6.80. The maximum Gasteiger partial charge on any atom is 0.233 e. The predicted molar refractivity (Wildman–Crippen MR) is 71.9 cm³/mol. The average molecular weight is 280 g/mol. The number of carbonyl (C=O) groups excluding carboxylic acids is 1. The summed E-state index contributed by atoms with van der Waals surface area (Å²) in [5.41, 5.74) is 1.04. The van der Waals surface area contributed by atoms with Gasteiger partial charge in [0, 0.05) is 5.92 Å². The van der Waals surface area contributed by atoms with Crippen LogP contribution >= 0.6 is 11.6 Å². The summed E-state index contributed by atoms with van der Waals surface area (Å²) in [5, 5.41) is 3.00. The molecule has 0 saturated heterocycles. The molecule has 2 aromatic heterocycles. The van der Waals surface area contributed by atoms with Gasteiger partial charge in [0.05, 0.1) is 6.33 Å². The molecule has 2 aromatic rings. The molecule has 1 saturated carbocycles.